The summed E-state index contributed by atoms with van der Waals surface area (Å²) >= 11 is 5.34. The predicted octanol–water partition coefficient (Wildman–Crippen LogP) is 1.11. The second kappa shape index (κ2) is 7.00. The van der Waals surface area contributed by atoms with E-state index < -0.39 is 0 Å². The van der Waals surface area contributed by atoms with E-state index in [2.05, 4.69) is 30.0 Å². The van der Waals surface area contributed by atoms with Crippen LogP contribution in [0.1, 0.15) is 0 Å². The van der Waals surface area contributed by atoms with Crippen LogP contribution in [0, 0.1) is 0 Å². The lowest BCUT2D eigenvalue weighted by Gasteiger charge is -2.22. The molecule has 0 aromatic rings. The Morgan fingerprint density at radius 2 is 1.22 bits per heavy atom. The average molecular weight is 354 g/mol. The van der Waals surface area contributed by atoms with Gasteiger partial charge >= 0.3 is 0 Å². The Morgan fingerprint density at radius 1 is 0.778 bits per heavy atom. The highest BCUT2D eigenvalue weighted by Crippen LogP contribution is 2.12. The summed E-state index contributed by atoms with van der Waals surface area (Å²) in [6.45, 7) is 1.90. The van der Waals surface area contributed by atoms with Gasteiger partial charge in [-0.05, 0) is 0 Å². The minimum Gasteiger partial charge on any atom is -0.273 e. The van der Waals surface area contributed by atoms with E-state index in [1.165, 1.54) is 13.0 Å². The maximum Gasteiger partial charge on any atom is 0.108 e. The normalized spacial score (nSPS) is 20.2. The summed E-state index contributed by atoms with van der Waals surface area (Å²) < 4.78 is 10.3. The number of nitrogens with one attached hydrogen (secondary N) is 3. The third-order valence-electron chi connectivity index (χ3n) is 2.24. The quantitative estimate of drug-likeness (QED) is 0.643. The molecule has 9 heteroatoms. The molecule has 0 atom stereocenters. The SMILES string of the molecule is C1=S=C(NCC(CNC2=S=CS2)NC2=S=CS2)S1. The molecule has 0 aliphatic carbocycles. The van der Waals surface area contributed by atoms with Crippen LogP contribution in [0.15, 0.2) is 0 Å². The van der Waals surface area contributed by atoms with Gasteiger partial charge in [0, 0.05) is 33.2 Å². The first-order valence-corrected chi connectivity index (χ1v) is 10.5. The minimum atomic E-state index is 0.414. The molecule has 0 spiro atoms. The van der Waals surface area contributed by atoms with Crippen LogP contribution in [0.4, 0.5) is 0 Å². The highest BCUT2D eigenvalue weighted by molar-refractivity contribution is 8.49. The summed E-state index contributed by atoms with van der Waals surface area (Å²) in [5.41, 5.74) is 0. The Labute approximate surface area is 129 Å². The van der Waals surface area contributed by atoms with Gasteiger partial charge in [-0.3, -0.25) is 16.0 Å². The zero-order valence-corrected chi connectivity index (χ0v) is 14.1. The van der Waals surface area contributed by atoms with Crippen LogP contribution in [0.3, 0.4) is 0 Å². The third-order valence-corrected chi connectivity index (χ3v) is 8.38. The van der Waals surface area contributed by atoms with Crippen LogP contribution in [0.2, 0.25) is 0 Å². The summed E-state index contributed by atoms with van der Waals surface area (Å²) in [4.78, 5) is 0. The third kappa shape index (κ3) is 3.90. The Kier molecular flexibility index (Phi) is 5.36. The molecular formula is C9H11N3S6. The van der Waals surface area contributed by atoms with E-state index in [0.717, 1.165) is 13.1 Å². The predicted molar refractivity (Wildman–Crippen MR) is 102 cm³/mol. The van der Waals surface area contributed by atoms with E-state index in [1.807, 2.05) is 0 Å². The summed E-state index contributed by atoms with van der Waals surface area (Å²) in [6, 6.07) is 0.414. The summed E-state index contributed by atoms with van der Waals surface area (Å²) in [6.07, 6.45) is 0. The van der Waals surface area contributed by atoms with E-state index in [0.29, 0.717) is 6.04 Å². The van der Waals surface area contributed by atoms with Crippen LogP contribution in [0.25, 0.3) is 0 Å². The molecule has 0 radical (unpaired) electrons. The van der Waals surface area contributed by atoms with Gasteiger partial charge in [0.1, 0.15) is 13.0 Å². The van der Waals surface area contributed by atoms with Crippen molar-refractivity contribution in [2.45, 2.75) is 6.04 Å². The van der Waals surface area contributed by atoms with Gasteiger partial charge in [-0.15, -0.1) is 32.8 Å². The molecular weight excluding hydrogens is 343 g/mol. The monoisotopic (exact) mass is 353 g/mol. The van der Waals surface area contributed by atoms with E-state index >= 15 is 0 Å². The Morgan fingerprint density at radius 3 is 1.56 bits per heavy atom. The molecule has 3 rings (SSSR count). The summed E-state index contributed by atoms with van der Waals surface area (Å²) in [5, 5.41) is 10.5. The van der Waals surface area contributed by atoms with Crippen molar-refractivity contribution in [1.29, 1.82) is 0 Å². The second-order valence-electron chi connectivity index (χ2n) is 3.46. The molecule has 0 fully saturated rings. The molecule has 3 N–H and O–H groups in total. The molecule has 3 aliphatic rings. The van der Waals surface area contributed by atoms with E-state index in [9.17, 15) is 0 Å². The van der Waals surface area contributed by atoms with Gasteiger partial charge in [-0.25, -0.2) is 0 Å². The van der Waals surface area contributed by atoms with Crippen LogP contribution < -0.4 is 16.0 Å². The van der Waals surface area contributed by atoms with Crippen molar-refractivity contribution in [3.05, 3.63) is 0 Å². The number of hydrogen-bond acceptors (Lipinski definition) is 6. The van der Waals surface area contributed by atoms with Gasteiger partial charge < -0.3 is 0 Å². The molecule has 18 heavy (non-hydrogen) atoms. The number of thioether (sulfide) groups is 3. The van der Waals surface area contributed by atoms with Crippen molar-refractivity contribution in [2.75, 3.05) is 13.1 Å². The first kappa shape index (κ1) is 13.8. The molecule has 0 bridgehead atoms. The maximum absolute atomic E-state index is 3.56. The highest BCUT2D eigenvalue weighted by Gasteiger charge is 2.15. The van der Waals surface area contributed by atoms with Crippen molar-refractivity contribution in [3.63, 3.8) is 0 Å². The number of hydrogen-bond donors (Lipinski definition) is 3. The van der Waals surface area contributed by atoms with Crippen LogP contribution in [-0.4, -0.2) is 46.2 Å². The van der Waals surface area contributed by atoms with Crippen molar-refractivity contribution < 1.29 is 0 Å². The summed E-state index contributed by atoms with van der Waals surface area (Å²) in [7, 11) is 5.34. The molecule has 0 amide bonds. The van der Waals surface area contributed by atoms with Gasteiger partial charge in [0.15, 0.2) is 0 Å². The van der Waals surface area contributed by atoms with E-state index in [-0.39, 0.29) is 0 Å². The first-order valence-electron chi connectivity index (χ1n) is 5.20. The number of rotatable bonds is 5. The smallest absolute Gasteiger partial charge is 0.108 e. The van der Waals surface area contributed by atoms with E-state index in [4.69, 9.17) is 0 Å². The van der Waals surface area contributed by atoms with Gasteiger partial charge in [0.05, 0.1) is 0 Å². The topological polar surface area (TPSA) is 36.1 Å². The Balaban J connectivity index is 1.50. The highest BCUT2D eigenvalue weighted by atomic mass is 32.2. The minimum absolute atomic E-state index is 0.414. The fourth-order valence-electron chi connectivity index (χ4n) is 1.28. The standard InChI is InChI=1S/C9H11N3S6/c1(10-7-13-3-14-7)6(12-9-17-5-18-9)2-11-8-15-4-16-8/h3-6,10-12H,1-2H2. The molecule has 0 saturated carbocycles. The molecule has 0 unspecified atom stereocenters. The molecule has 3 aliphatic heterocycles. The van der Waals surface area contributed by atoms with Gasteiger partial charge in [0.25, 0.3) is 0 Å². The van der Waals surface area contributed by atoms with Gasteiger partial charge in [0.2, 0.25) is 0 Å². The molecule has 98 valence electrons. The van der Waals surface area contributed by atoms with Crippen molar-refractivity contribution in [3.8, 4) is 0 Å². The first-order chi connectivity index (χ1) is 8.90. The Hall–Kier alpha value is 0.810. The largest absolute Gasteiger partial charge is 0.273 e. The zero-order valence-electron chi connectivity index (χ0n) is 9.17. The van der Waals surface area contributed by atoms with Crippen LogP contribution >= 0.6 is 68.1 Å². The Bertz CT molecular complexity index is 515. The second-order valence-corrected chi connectivity index (χ2v) is 10.4. The lowest BCUT2D eigenvalue weighted by Crippen LogP contribution is -2.49. The van der Waals surface area contributed by atoms with Crippen LogP contribution in [0.5, 0.6) is 0 Å². The van der Waals surface area contributed by atoms with Crippen molar-refractivity contribution in [2.24, 2.45) is 0 Å². The molecule has 0 saturated heterocycles. The van der Waals surface area contributed by atoms with Crippen molar-refractivity contribution in [1.82, 2.24) is 16.0 Å². The molecule has 3 heterocycles. The van der Waals surface area contributed by atoms with Gasteiger partial charge in [-0.2, -0.15) is 0 Å². The fraction of sp³-hybridized carbons (Fsp3) is 0.333. The maximum atomic E-state index is 3.56. The molecule has 0 aromatic carbocycles. The van der Waals surface area contributed by atoms with E-state index in [1.54, 1.807) is 68.1 Å². The molecule has 0 aromatic heterocycles. The fourth-order valence-corrected chi connectivity index (χ4v) is 4.72. The van der Waals surface area contributed by atoms with Crippen LogP contribution in [-0.2, 0) is 0 Å². The lowest BCUT2D eigenvalue weighted by atomic mass is 10.3. The average Bonchev–Trinajstić information content (AvgIpc) is 2.17. The van der Waals surface area contributed by atoms with Gasteiger partial charge in [-0.1, -0.05) is 35.3 Å². The van der Waals surface area contributed by atoms with Crippen molar-refractivity contribution >= 4 is 95.2 Å². The molecule has 3 nitrogen and oxygen atoms in total. The zero-order chi connectivity index (χ0) is 12.2. The lowest BCUT2D eigenvalue weighted by molar-refractivity contribution is 0.587. The summed E-state index contributed by atoms with van der Waals surface area (Å²) in [5.74, 6) is 0.